The van der Waals surface area contributed by atoms with Crippen molar-refractivity contribution in [1.29, 1.82) is 0 Å². The van der Waals surface area contributed by atoms with Gasteiger partial charge in [0.2, 0.25) is 0 Å². The summed E-state index contributed by atoms with van der Waals surface area (Å²) in [6, 6.07) is 10.6. The van der Waals surface area contributed by atoms with Crippen LogP contribution in [-0.4, -0.2) is 63.5 Å². The third-order valence-electron chi connectivity index (χ3n) is 7.55. The zero-order valence-electron chi connectivity index (χ0n) is 23.4. The third-order valence-corrected chi connectivity index (χ3v) is 8.74. The molecule has 4 rings (SSSR count). The van der Waals surface area contributed by atoms with Crippen LogP contribution in [0.5, 0.6) is 11.5 Å². The lowest BCUT2D eigenvalue weighted by molar-refractivity contribution is -0.152. The van der Waals surface area contributed by atoms with E-state index < -0.39 is 23.8 Å². The number of rotatable bonds is 8. The molecule has 0 radical (unpaired) electrons. The predicted molar refractivity (Wildman–Crippen MR) is 159 cm³/mol. The Bertz CT molecular complexity index is 1320. The van der Waals surface area contributed by atoms with Crippen LogP contribution in [0, 0.1) is 19.8 Å². The summed E-state index contributed by atoms with van der Waals surface area (Å²) in [5.74, 6) is -0.651. The molecule has 1 saturated heterocycles. The Morgan fingerprint density at radius 2 is 1.85 bits per heavy atom. The number of carboxylic acid groups (broad SMARTS) is 1. The summed E-state index contributed by atoms with van der Waals surface area (Å²) in [5.41, 5.74) is 1.98. The van der Waals surface area contributed by atoms with Crippen LogP contribution in [0.4, 0.5) is 4.79 Å². The number of carboxylic acids is 1. The lowest BCUT2D eigenvalue weighted by atomic mass is 9.80. The maximum Gasteiger partial charge on any atom is 0.415 e. The van der Waals surface area contributed by atoms with Gasteiger partial charge in [-0.25, -0.2) is 9.59 Å². The molecular weight excluding hydrogens is 550 g/mol. The number of thioether (sulfide) groups is 1. The second-order valence-corrected chi connectivity index (χ2v) is 12.4. The van der Waals surface area contributed by atoms with Crippen LogP contribution in [0.2, 0.25) is 5.02 Å². The third kappa shape index (κ3) is 6.67. The lowest BCUT2D eigenvalue weighted by Gasteiger charge is -2.28. The number of halogens is 1. The topological polar surface area (TPSA) is 96.3 Å². The van der Waals surface area contributed by atoms with Crippen molar-refractivity contribution in [3.8, 4) is 11.5 Å². The Morgan fingerprint density at radius 1 is 1.15 bits per heavy atom. The van der Waals surface area contributed by atoms with Gasteiger partial charge in [-0.05, 0) is 80.8 Å². The Labute approximate surface area is 244 Å². The quantitative estimate of drug-likeness (QED) is 0.370. The molecule has 1 aliphatic heterocycles. The summed E-state index contributed by atoms with van der Waals surface area (Å²) in [7, 11) is 0. The van der Waals surface area contributed by atoms with Crippen LogP contribution >= 0.6 is 23.4 Å². The van der Waals surface area contributed by atoms with E-state index in [1.54, 1.807) is 40.9 Å². The fourth-order valence-electron chi connectivity index (χ4n) is 5.26. The fourth-order valence-corrected chi connectivity index (χ4v) is 5.97. The molecule has 214 valence electrons. The van der Waals surface area contributed by atoms with E-state index >= 15 is 0 Å². The molecule has 7 nitrogen and oxygen atoms in total. The Morgan fingerprint density at radius 3 is 2.42 bits per heavy atom. The average molecular weight is 586 g/mol. The number of ether oxygens (including phenoxy) is 2. The zero-order chi connectivity index (χ0) is 29.2. The van der Waals surface area contributed by atoms with Crippen LogP contribution in [0.25, 0.3) is 0 Å². The number of aryl methyl sites for hydroxylation is 2. The van der Waals surface area contributed by atoms with E-state index in [1.165, 1.54) is 13.8 Å². The molecule has 4 atom stereocenters. The molecule has 2 N–H and O–H groups in total. The molecule has 0 spiro atoms. The summed E-state index contributed by atoms with van der Waals surface area (Å²) < 4.78 is 11.5. The van der Waals surface area contributed by atoms with Crippen molar-refractivity contribution >= 4 is 35.4 Å². The molecule has 1 aliphatic carbocycles. The minimum absolute atomic E-state index is 0.187. The van der Waals surface area contributed by atoms with Crippen molar-refractivity contribution in [2.45, 2.75) is 57.0 Å². The smallest absolute Gasteiger partial charge is 0.415 e. The molecular formula is C31H36ClNO6S. The number of amides is 1. The van der Waals surface area contributed by atoms with Gasteiger partial charge < -0.3 is 24.6 Å². The van der Waals surface area contributed by atoms with Gasteiger partial charge in [-0.3, -0.25) is 0 Å². The van der Waals surface area contributed by atoms with E-state index in [4.69, 9.17) is 21.1 Å². The molecule has 1 heterocycles. The van der Waals surface area contributed by atoms with Crippen LogP contribution in [0.15, 0.2) is 60.2 Å². The number of aliphatic carboxylic acids is 1. The zero-order valence-corrected chi connectivity index (χ0v) is 25.0. The van der Waals surface area contributed by atoms with Crippen molar-refractivity contribution in [1.82, 2.24) is 4.90 Å². The van der Waals surface area contributed by atoms with E-state index in [0.29, 0.717) is 34.9 Å². The largest absolute Gasteiger partial charge is 0.478 e. The number of likely N-dealkylation sites (tertiary alicyclic amines) is 1. The van der Waals surface area contributed by atoms with E-state index in [0.717, 1.165) is 28.7 Å². The van der Waals surface area contributed by atoms with Crippen LogP contribution in [0.1, 0.15) is 42.9 Å². The molecule has 2 aromatic carbocycles. The van der Waals surface area contributed by atoms with E-state index in [1.807, 2.05) is 32.1 Å². The molecule has 1 fully saturated rings. The molecule has 1 amide bonds. The fraction of sp³-hybridized carbons (Fsp3) is 0.419. The van der Waals surface area contributed by atoms with Crippen LogP contribution in [0.3, 0.4) is 0 Å². The summed E-state index contributed by atoms with van der Waals surface area (Å²) in [6.07, 6.45) is 7.80. The standard InChI is InChI=1S/C31H36ClNO6S/c1-18-13-21(14-19(2)28(18)39-31(3,4)29(35)36)25-16-33(30(37)38-23-8-6-7-22(32)15-23)17-26(25)27(34)20-9-11-24(40-5)12-10-20/h6-11,13-15,24-27,34H,12,16-17H2,1-5H3,(H,35,36)/t24?,25-,26+,27?/m1/s1. The molecule has 0 aromatic heterocycles. The number of nitrogens with zero attached hydrogens (tertiary/aromatic N) is 1. The van der Waals surface area contributed by atoms with Gasteiger partial charge in [-0.15, -0.1) is 0 Å². The van der Waals surface area contributed by atoms with Crippen molar-refractivity contribution < 1.29 is 29.3 Å². The highest BCUT2D eigenvalue weighted by molar-refractivity contribution is 7.99. The SMILES string of the molecule is CSC1C=CC(C(O)[C@H]2CN(C(=O)Oc3cccc(Cl)c3)C[C@@H]2c2cc(C)c(OC(C)(C)C(=O)O)c(C)c2)=CC1. The van der Waals surface area contributed by atoms with Gasteiger partial charge >= 0.3 is 12.1 Å². The first-order valence-electron chi connectivity index (χ1n) is 13.2. The summed E-state index contributed by atoms with van der Waals surface area (Å²) in [6.45, 7) is 7.45. The monoisotopic (exact) mass is 585 g/mol. The first-order valence-corrected chi connectivity index (χ1v) is 14.9. The van der Waals surface area contributed by atoms with Gasteiger partial charge in [0.05, 0.1) is 6.10 Å². The maximum absolute atomic E-state index is 13.2. The Hall–Kier alpha value is -2.94. The highest BCUT2D eigenvalue weighted by Gasteiger charge is 2.42. The first kappa shape index (κ1) is 30.0. The van der Waals surface area contributed by atoms with Crippen LogP contribution in [-0.2, 0) is 4.79 Å². The summed E-state index contributed by atoms with van der Waals surface area (Å²) in [5, 5.41) is 22.0. The summed E-state index contributed by atoms with van der Waals surface area (Å²) >= 11 is 7.83. The highest BCUT2D eigenvalue weighted by atomic mass is 35.5. The van der Waals surface area contributed by atoms with Gasteiger partial charge in [0, 0.05) is 35.2 Å². The minimum Gasteiger partial charge on any atom is -0.478 e. The van der Waals surface area contributed by atoms with Gasteiger partial charge in [0.25, 0.3) is 0 Å². The predicted octanol–water partition coefficient (Wildman–Crippen LogP) is 6.39. The van der Waals surface area contributed by atoms with Crippen molar-refractivity contribution in [2.24, 2.45) is 5.92 Å². The van der Waals surface area contributed by atoms with Crippen molar-refractivity contribution in [2.75, 3.05) is 19.3 Å². The molecule has 0 saturated carbocycles. The average Bonchev–Trinajstić information content (AvgIpc) is 3.36. The van der Waals surface area contributed by atoms with Gasteiger partial charge in [-0.1, -0.05) is 48.0 Å². The minimum atomic E-state index is -1.39. The number of aliphatic hydroxyl groups excluding tert-OH is 1. The number of allylic oxidation sites excluding steroid dienone is 1. The van der Waals surface area contributed by atoms with Crippen molar-refractivity contribution in [3.63, 3.8) is 0 Å². The lowest BCUT2D eigenvalue weighted by Crippen LogP contribution is -2.38. The number of aliphatic hydroxyl groups is 1. The Kier molecular flexibility index (Phi) is 9.22. The Balaban J connectivity index is 1.64. The van der Waals surface area contributed by atoms with Crippen molar-refractivity contribution in [3.05, 3.63) is 81.9 Å². The number of carbonyl (C=O) groups excluding carboxylic acids is 1. The molecule has 9 heteroatoms. The summed E-state index contributed by atoms with van der Waals surface area (Å²) in [4.78, 5) is 26.5. The second-order valence-electron chi connectivity index (χ2n) is 10.9. The number of benzene rings is 2. The first-order chi connectivity index (χ1) is 18.9. The normalized spacial score (nSPS) is 21.6. The molecule has 0 bridgehead atoms. The van der Waals surface area contributed by atoms with E-state index in [2.05, 4.69) is 18.4 Å². The van der Waals surface area contributed by atoms with E-state index in [9.17, 15) is 19.8 Å². The van der Waals surface area contributed by atoms with E-state index in [-0.39, 0.29) is 11.8 Å². The molecule has 2 unspecified atom stereocenters. The number of carbonyl (C=O) groups is 2. The molecule has 2 aromatic rings. The van der Waals surface area contributed by atoms with Gasteiger partial charge in [-0.2, -0.15) is 11.8 Å². The second kappa shape index (κ2) is 12.3. The van der Waals surface area contributed by atoms with Gasteiger partial charge in [0.1, 0.15) is 11.5 Å². The molecule has 40 heavy (non-hydrogen) atoms. The molecule has 2 aliphatic rings. The number of hydrogen-bond donors (Lipinski definition) is 2. The number of hydrogen-bond acceptors (Lipinski definition) is 6. The van der Waals surface area contributed by atoms with Crippen LogP contribution < -0.4 is 9.47 Å². The van der Waals surface area contributed by atoms with Gasteiger partial charge in [0.15, 0.2) is 5.60 Å². The highest BCUT2D eigenvalue weighted by Crippen LogP contribution is 2.41. The maximum atomic E-state index is 13.2.